The minimum Gasteiger partial charge on any atom is -0.493 e. The first kappa shape index (κ1) is 23.8. The molecule has 2 aromatic carbocycles. The van der Waals surface area contributed by atoms with E-state index in [0.717, 1.165) is 17.3 Å². The van der Waals surface area contributed by atoms with Gasteiger partial charge in [0.25, 0.3) is 11.8 Å². The first-order valence-corrected chi connectivity index (χ1v) is 11.3. The summed E-state index contributed by atoms with van der Waals surface area (Å²) < 4.78 is 11.9. The standard InChI is InChI=1S/C22H20IN3O5S/c1-12-5-4-6-15(7-12)25-19(28)11-31-20-16(23)8-14(9-17(20)30-3)10-18-21(29)26-22(32-18)24-13(2)27/h4-10H,11H2,1-3H3,(H,25,28)(H,24,26,27,29)/b18-10-. The SMILES string of the molecule is COc1cc(/C=C2\SC(NC(C)=O)=NC2=O)cc(I)c1OCC(=O)Nc1cccc(C)c1. The van der Waals surface area contributed by atoms with Crippen LogP contribution in [0.15, 0.2) is 46.3 Å². The largest absolute Gasteiger partial charge is 0.493 e. The molecular formula is C22H20IN3O5S. The fourth-order valence-corrected chi connectivity index (χ4v) is 4.43. The first-order chi connectivity index (χ1) is 15.2. The Morgan fingerprint density at radius 2 is 2.00 bits per heavy atom. The summed E-state index contributed by atoms with van der Waals surface area (Å²) in [6.07, 6.45) is 1.66. The van der Waals surface area contributed by atoms with Gasteiger partial charge in [-0.15, -0.1) is 0 Å². The lowest BCUT2D eigenvalue weighted by molar-refractivity contribution is -0.118. The Bertz CT molecular complexity index is 1150. The number of carbonyl (C=O) groups excluding carboxylic acids is 3. The number of amides is 3. The number of nitrogens with one attached hydrogen (secondary N) is 2. The molecule has 2 aromatic rings. The quantitative estimate of drug-likeness (QED) is 0.409. The zero-order chi connectivity index (χ0) is 23.3. The molecule has 0 saturated heterocycles. The highest BCUT2D eigenvalue weighted by Gasteiger charge is 2.23. The lowest BCUT2D eigenvalue weighted by Crippen LogP contribution is -2.23. The topological polar surface area (TPSA) is 106 Å². The number of hydrogen-bond acceptors (Lipinski definition) is 6. The maximum Gasteiger partial charge on any atom is 0.286 e. The Morgan fingerprint density at radius 1 is 1.22 bits per heavy atom. The van der Waals surface area contributed by atoms with E-state index >= 15 is 0 Å². The third-order valence-electron chi connectivity index (χ3n) is 4.10. The van der Waals surface area contributed by atoms with Gasteiger partial charge >= 0.3 is 0 Å². The van der Waals surface area contributed by atoms with Gasteiger partial charge in [0.2, 0.25) is 5.91 Å². The van der Waals surface area contributed by atoms with E-state index in [9.17, 15) is 14.4 Å². The fraction of sp³-hybridized carbons (Fsp3) is 0.182. The summed E-state index contributed by atoms with van der Waals surface area (Å²) in [6.45, 7) is 3.10. The molecule has 0 radical (unpaired) electrons. The highest BCUT2D eigenvalue weighted by molar-refractivity contribution is 14.1. The molecule has 0 saturated carbocycles. The van der Waals surface area contributed by atoms with Gasteiger partial charge in [-0.25, -0.2) is 0 Å². The molecule has 3 amide bonds. The van der Waals surface area contributed by atoms with Crippen molar-refractivity contribution >= 4 is 69.0 Å². The Labute approximate surface area is 203 Å². The van der Waals surface area contributed by atoms with Crippen molar-refractivity contribution in [2.45, 2.75) is 13.8 Å². The lowest BCUT2D eigenvalue weighted by atomic mass is 10.2. The molecule has 0 fully saturated rings. The Morgan fingerprint density at radius 3 is 2.69 bits per heavy atom. The Kier molecular flexibility index (Phi) is 7.91. The lowest BCUT2D eigenvalue weighted by Gasteiger charge is -2.14. The molecule has 0 bridgehead atoms. The molecule has 10 heteroatoms. The smallest absolute Gasteiger partial charge is 0.286 e. The van der Waals surface area contributed by atoms with Crippen LogP contribution in [0.1, 0.15) is 18.1 Å². The van der Waals surface area contributed by atoms with E-state index < -0.39 is 5.91 Å². The van der Waals surface area contributed by atoms with Crippen LogP contribution in [0.3, 0.4) is 0 Å². The summed E-state index contributed by atoms with van der Waals surface area (Å²) in [7, 11) is 1.50. The number of aryl methyl sites for hydroxylation is 1. The third kappa shape index (κ3) is 6.33. The summed E-state index contributed by atoms with van der Waals surface area (Å²) >= 11 is 3.16. The van der Waals surface area contributed by atoms with Crippen molar-refractivity contribution in [3.8, 4) is 11.5 Å². The number of carbonyl (C=O) groups is 3. The molecule has 0 unspecified atom stereocenters. The highest BCUT2D eigenvalue weighted by Crippen LogP contribution is 2.36. The number of ether oxygens (including phenoxy) is 2. The van der Waals surface area contributed by atoms with Crippen LogP contribution in [-0.4, -0.2) is 36.6 Å². The maximum absolute atomic E-state index is 12.3. The van der Waals surface area contributed by atoms with E-state index in [1.54, 1.807) is 24.3 Å². The van der Waals surface area contributed by atoms with Crippen molar-refractivity contribution in [3.63, 3.8) is 0 Å². The summed E-state index contributed by atoms with van der Waals surface area (Å²) in [4.78, 5) is 39.7. The van der Waals surface area contributed by atoms with E-state index in [0.29, 0.717) is 31.2 Å². The number of benzene rings is 2. The van der Waals surface area contributed by atoms with Crippen molar-refractivity contribution in [2.24, 2.45) is 4.99 Å². The van der Waals surface area contributed by atoms with Crippen LogP contribution < -0.4 is 20.1 Å². The minimum atomic E-state index is -0.430. The van der Waals surface area contributed by atoms with Crippen molar-refractivity contribution in [3.05, 3.63) is 56.0 Å². The molecule has 3 rings (SSSR count). The molecule has 1 heterocycles. The number of hydrogen-bond donors (Lipinski definition) is 2. The van der Waals surface area contributed by atoms with Gasteiger partial charge in [-0.2, -0.15) is 4.99 Å². The van der Waals surface area contributed by atoms with Gasteiger partial charge in [-0.05, 0) is 82.7 Å². The van der Waals surface area contributed by atoms with Gasteiger partial charge in [0, 0.05) is 12.6 Å². The maximum atomic E-state index is 12.3. The average molecular weight is 565 g/mol. The molecule has 8 nitrogen and oxygen atoms in total. The second-order valence-corrected chi connectivity index (χ2v) is 8.95. The molecule has 1 aliphatic rings. The normalized spacial score (nSPS) is 14.2. The second-order valence-electron chi connectivity index (χ2n) is 6.75. The van der Waals surface area contributed by atoms with Gasteiger partial charge < -0.3 is 20.1 Å². The van der Waals surface area contributed by atoms with Crippen LogP contribution in [0.25, 0.3) is 6.08 Å². The Balaban J connectivity index is 1.71. The van der Waals surface area contributed by atoms with Gasteiger partial charge in [0.05, 0.1) is 15.6 Å². The molecule has 0 spiro atoms. The molecule has 1 aliphatic heterocycles. The van der Waals surface area contributed by atoms with Crippen molar-refractivity contribution < 1.29 is 23.9 Å². The zero-order valence-corrected chi connectivity index (χ0v) is 20.5. The number of anilines is 1. The van der Waals surface area contributed by atoms with E-state index in [1.165, 1.54) is 14.0 Å². The minimum absolute atomic E-state index is 0.191. The van der Waals surface area contributed by atoms with E-state index in [-0.39, 0.29) is 23.6 Å². The van der Waals surface area contributed by atoms with Crippen LogP contribution in [0.4, 0.5) is 5.69 Å². The van der Waals surface area contributed by atoms with Gasteiger partial charge in [-0.1, -0.05) is 12.1 Å². The molecule has 0 aliphatic carbocycles. The highest BCUT2D eigenvalue weighted by atomic mass is 127. The number of methoxy groups -OCH3 is 1. The number of aliphatic imine (C=N–C) groups is 1. The molecular weight excluding hydrogens is 545 g/mol. The van der Waals surface area contributed by atoms with E-state index in [4.69, 9.17) is 9.47 Å². The predicted octanol–water partition coefficient (Wildman–Crippen LogP) is 3.73. The number of nitrogens with zero attached hydrogens (tertiary/aromatic N) is 1. The number of halogens is 1. The van der Waals surface area contributed by atoms with Crippen molar-refractivity contribution in [1.29, 1.82) is 0 Å². The predicted molar refractivity (Wildman–Crippen MR) is 133 cm³/mol. The second kappa shape index (κ2) is 10.6. The van der Waals surface area contributed by atoms with Gasteiger partial charge in [-0.3, -0.25) is 14.4 Å². The first-order valence-electron chi connectivity index (χ1n) is 9.42. The third-order valence-corrected chi connectivity index (χ3v) is 5.80. The molecule has 2 N–H and O–H groups in total. The van der Waals surface area contributed by atoms with Crippen LogP contribution >= 0.6 is 34.4 Å². The fourth-order valence-electron chi connectivity index (χ4n) is 2.79. The van der Waals surface area contributed by atoms with Crippen molar-refractivity contribution in [2.75, 3.05) is 19.0 Å². The summed E-state index contributed by atoms with van der Waals surface area (Å²) in [5, 5.41) is 5.54. The molecule has 166 valence electrons. The van der Waals surface area contributed by atoms with Crippen LogP contribution in [-0.2, 0) is 14.4 Å². The molecule has 0 aromatic heterocycles. The Hall–Kier alpha value is -2.86. The van der Waals surface area contributed by atoms with E-state index in [2.05, 4.69) is 38.2 Å². The van der Waals surface area contributed by atoms with Gasteiger partial charge in [0.1, 0.15) is 0 Å². The van der Waals surface area contributed by atoms with Gasteiger partial charge in [0.15, 0.2) is 23.3 Å². The molecule has 0 atom stereocenters. The van der Waals surface area contributed by atoms with Crippen LogP contribution in [0, 0.1) is 10.5 Å². The number of amidine groups is 1. The summed E-state index contributed by atoms with van der Waals surface area (Å²) in [5.74, 6) is -0.175. The monoisotopic (exact) mass is 565 g/mol. The molecule has 32 heavy (non-hydrogen) atoms. The number of thioether (sulfide) groups is 1. The number of rotatable bonds is 6. The summed E-state index contributed by atoms with van der Waals surface area (Å²) in [5.41, 5.74) is 2.43. The van der Waals surface area contributed by atoms with Crippen LogP contribution in [0.5, 0.6) is 11.5 Å². The van der Waals surface area contributed by atoms with E-state index in [1.807, 2.05) is 25.1 Å². The zero-order valence-electron chi connectivity index (χ0n) is 17.5. The van der Waals surface area contributed by atoms with Crippen LogP contribution in [0.2, 0.25) is 0 Å². The van der Waals surface area contributed by atoms with Crippen molar-refractivity contribution in [1.82, 2.24) is 5.32 Å². The average Bonchev–Trinajstić information content (AvgIpc) is 3.04. The summed E-state index contributed by atoms with van der Waals surface area (Å²) in [6, 6.07) is 11.0.